The summed E-state index contributed by atoms with van der Waals surface area (Å²) in [4.78, 5) is 124. The van der Waals surface area contributed by atoms with Crippen LogP contribution in [0.5, 0.6) is 0 Å². The molecule has 2 bridgehead atoms. The van der Waals surface area contributed by atoms with Gasteiger partial charge in [0.25, 0.3) is 17.7 Å². The van der Waals surface area contributed by atoms with Crippen molar-refractivity contribution in [1.82, 2.24) is 10.2 Å². The molecule has 4 N–H and O–H groups in total. The molecule has 75 heavy (non-hydrogen) atoms. The standard InChI is InChI=1S/C55H59N2O17P/c1-31(58)71-45-37-27-36(72-51(67)44(63)43(33-17-9-5-10-18-33)56-49(65)34-19-11-6-12-20-34)29-54(68,52(37,3)4)48(73-50(66)35-21-13-7-14-22-35)46-53(74-32(2)59)30-70-38(53)28-39(55(46,69)47(45)64)75-42(62)23-15-8-16-26-57-40(60)24-25-41(57)61/h5-7,9-14,17-22,24-25,27,36,38-39,43-46,48,63,68-69,75H,8,15-16,23,26,28-30H2,1-4H3,(H,56,65)/t36-,38-,39+,43+,44+,45-,46-,48+,53+,54-,55?/m1/s1. The van der Waals surface area contributed by atoms with E-state index in [1.54, 1.807) is 66.7 Å². The van der Waals surface area contributed by atoms with Gasteiger partial charge in [0.1, 0.15) is 29.5 Å². The largest absolute Gasteiger partial charge is 0.456 e. The van der Waals surface area contributed by atoms with Crippen molar-refractivity contribution in [1.29, 1.82) is 0 Å². The molecule has 396 valence electrons. The fraction of sp³-hybridized carbons (Fsp3) is 0.436. The van der Waals surface area contributed by atoms with Crippen molar-refractivity contribution in [2.24, 2.45) is 11.3 Å². The Bertz CT molecular complexity index is 2790. The van der Waals surface area contributed by atoms with E-state index in [-0.39, 0.29) is 36.1 Å². The summed E-state index contributed by atoms with van der Waals surface area (Å²) < 4.78 is 30.4. The highest BCUT2D eigenvalue weighted by atomic mass is 31.1. The van der Waals surface area contributed by atoms with E-state index in [4.69, 9.17) is 23.7 Å². The van der Waals surface area contributed by atoms with Gasteiger partial charge in [-0.2, -0.15) is 0 Å². The van der Waals surface area contributed by atoms with Crippen molar-refractivity contribution in [2.75, 3.05) is 13.2 Å². The lowest BCUT2D eigenvalue weighted by atomic mass is 9.48. The van der Waals surface area contributed by atoms with Crippen LogP contribution in [0.15, 0.2) is 115 Å². The second kappa shape index (κ2) is 21.8. The van der Waals surface area contributed by atoms with Gasteiger partial charge in [0.05, 0.1) is 24.1 Å². The molecule has 2 aliphatic heterocycles. The van der Waals surface area contributed by atoms with E-state index in [2.05, 4.69) is 5.32 Å². The smallest absolute Gasteiger partial charge is 0.338 e. The lowest BCUT2D eigenvalue weighted by molar-refractivity contribution is -0.340. The number of carbonyl (C=O) groups excluding carboxylic acids is 9. The van der Waals surface area contributed by atoms with Crippen LogP contribution < -0.4 is 5.32 Å². The third-order valence-electron chi connectivity index (χ3n) is 15.1. The summed E-state index contributed by atoms with van der Waals surface area (Å²) in [5.41, 5.74) is -10.9. The molecular formula is C55H59N2O17P. The first-order chi connectivity index (χ1) is 35.6. The van der Waals surface area contributed by atoms with E-state index in [9.17, 15) is 53.7 Å². The molecule has 3 aliphatic carbocycles. The van der Waals surface area contributed by atoms with Gasteiger partial charge in [-0.3, -0.25) is 38.5 Å². The minimum absolute atomic E-state index is 0.0297. The highest BCUT2D eigenvalue weighted by molar-refractivity contribution is 7.58. The number of fused-ring (bicyclic) bond motifs is 5. The van der Waals surface area contributed by atoms with E-state index in [0.29, 0.717) is 24.8 Å². The maximum absolute atomic E-state index is 15.9. The van der Waals surface area contributed by atoms with Gasteiger partial charge in [-0.25, -0.2) is 9.59 Å². The zero-order valence-corrected chi connectivity index (χ0v) is 42.7. The van der Waals surface area contributed by atoms with Crippen molar-refractivity contribution in [3.63, 3.8) is 0 Å². The molecule has 2 heterocycles. The Morgan fingerprint density at radius 3 is 2.00 bits per heavy atom. The number of unbranched alkanes of at least 4 members (excludes halogenated alkanes) is 2. The van der Waals surface area contributed by atoms with Gasteiger partial charge < -0.3 is 44.3 Å². The number of nitrogens with one attached hydrogen (secondary N) is 1. The second-order valence-electron chi connectivity index (χ2n) is 20.0. The maximum atomic E-state index is 15.9. The van der Waals surface area contributed by atoms with E-state index in [1.807, 2.05) is 0 Å². The summed E-state index contributed by atoms with van der Waals surface area (Å²) in [5.74, 6) is -9.00. The number of benzene rings is 3. The number of amides is 3. The molecule has 8 rings (SSSR count). The molecule has 3 fully saturated rings. The SMILES string of the molecule is CC(=O)O[C@H]1C(=O)C2(O)[C@@H](PC(=O)CCCCCN3C(=O)C=CC3=O)C[C@H]3OC[C@@]3(OC(C)=O)[C@H]2[C@H](OC(=O)c2ccccc2)[C@]2(O)C[C@H](OC(=O)[C@@H](O)[C@@H](NC(=O)c3ccccc3)c3ccccc3)C=C1C2(C)C. The Kier molecular flexibility index (Phi) is 15.9. The van der Waals surface area contributed by atoms with Crippen LogP contribution in [-0.2, 0) is 57.2 Å². The van der Waals surface area contributed by atoms with Crippen molar-refractivity contribution in [3.05, 3.63) is 131 Å². The quantitative estimate of drug-likeness (QED) is 0.0352. The van der Waals surface area contributed by atoms with Gasteiger partial charge >= 0.3 is 23.9 Å². The summed E-state index contributed by atoms with van der Waals surface area (Å²) in [6.07, 6.45) is -5.38. The molecule has 3 amide bonds. The van der Waals surface area contributed by atoms with Crippen LogP contribution in [0.1, 0.15) is 98.5 Å². The average molecular weight is 1050 g/mol. The van der Waals surface area contributed by atoms with Gasteiger partial charge in [0.2, 0.25) is 5.78 Å². The molecule has 2 saturated carbocycles. The van der Waals surface area contributed by atoms with Gasteiger partial charge in [-0.1, -0.05) is 87.0 Å². The predicted molar refractivity (Wildman–Crippen MR) is 265 cm³/mol. The number of aliphatic hydroxyl groups is 3. The lowest BCUT2D eigenvalue weighted by Crippen LogP contribution is -2.84. The second-order valence-corrected chi connectivity index (χ2v) is 21.6. The molecule has 3 aromatic carbocycles. The number of rotatable bonds is 18. The number of hydrogen-bond donors (Lipinski definition) is 4. The van der Waals surface area contributed by atoms with Gasteiger partial charge in [0.15, 0.2) is 23.3 Å². The van der Waals surface area contributed by atoms with Crippen molar-refractivity contribution >= 4 is 61.5 Å². The number of hydrogen-bond acceptors (Lipinski definition) is 17. The maximum Gasteiger partial charge on any atom is 0.338 e. The Balaban J connectivity index is 1.21. The predicted octanol–water partition coefficient (Wildman–Crippen LogP) is 3.77. The molecule has 2 unspecified atom stereocenters. The van der Waals surface area contributed by atoms with Gasteiger partial charge in [-0.05, 0) is 69.3 Å². The normalized spacial score (nSPS) is 29.3. The fourth-order valence-electron chi connectivity index (χ4n) is 11.2. The van der Waals surface area contributed by atoms with Crippen molar-refractivity contribution in [2.45, 2.75) is 125 Å². The number of Topliss-reactive ketones (excluding diaryl/α,β-unsaturated/α-hetero) is 1. The number of carbonyl (C=O) groups is 9. The lowest BCUT2D eigenvalue weighted by Gasteiger charge is -2.67. The van der Waals surface area contributed by atoms with Crippen LogP contribution in [0.2, 0.25) is 0 Å². The monoisotopic (exact) mass is 1050 g/mol. The first kappa shape index (κ1) is 54.5. The molecule has 12 atom stereocenters. The van der Waals surface area contributed by atoms with Crippen LogP contribution in [0, 0.1) is 11.3 Å². The molecule has 20 heteroatoms. The summed E-state index contributed by atoms with van der Waals surface area (Å²) >= 11 is 0. The van der Waals surface area contributed by atoms with Gasteiger partial charge in [0, 0.05) is 62.0 Å². The Hall–Kier alpha value is -6.76. The van der Waals surface area contributed by atoms with Crippen molar-refractivity contribution in [3.8, 4) is 0 Å². The third-order valence-corrected chi connectivity index (χ3v) is 16.7. The summed E-state index contributed by atoms with van der Waals surface area (Å²) in [5, 5.41) is 42.2. The number of ether oxygens (including phenoxy) is 5. The van der Waals surface area contributed by atoms with E-state index in [0.717, 1.165) is 18.7 Å². The molecule has 5 aliphatic rings. The average Bonchev–Trinajstić information content (AvgIpc) is 3.70. The van der Waals surface area contributed by atoms with Crippen LogP contribution in [-0.4, -0.2) is 139 Å². The first-order valence-electron chi connectivity index (χ1n) is 24.7. The minimum atomic E-state index is -2.92. The number of imide groups is 1. The topological polar surface area (TPSA) is 276 Å². The summed E-state index contributed by atoms with van der Waals surface area (Å²) in [6.45, 7) is 4.67. The van der Waals surface area contributed by atoms with Crippen LogP contribution in [0.25, 0.3) is 0 Å². The number of esters is 4. The Morgan fingerprint density at radius 1 is 0.800 bits per heavy atom. The molecule has 19 nitrogen and oxygen atoms in total. The Labute approximate surface area is 433 Å². The number of nitrogens with zero attached hydrogens (tertiary/aromatic N) is 1. The number of aliphatic hydroxyl groups excluding tert-OH is 1. The zero-order valence-electron chi connectivity index (χ0n) is 41.7. The van der Waals surface area contributed by atoms with E-state index in [1.165, 1.54) is 56.3 Å². The molecule has 3 aromatic rings. The van der Waals surface area contributed by atoms with Crippen LogP contribution in [0.3, 0.4) is 0 Å². The molecule has 0 radical (unpaired) electrons. The fourth-order valence-corrected chi connectivity index (χ4v) is 12.8. The molecule has 0 aromatic heterocycles. The van der Waals surface area contributed by atoms with Gasteiger partial charge in [-0.15, -0.1) is 0 Å². The van der Waals surface area contributed by atoms with Crippen LogP contribution in [0.4, 0.5) is 0 Å². The molecule has 0 spiro atoms. The number of ketones is 1. The zero-order chi connectivity index (χ0) is 54.0. The van der Waals surface area contributed by atoms with E-state index < -0.39 is 145 Å². The highest BCUT2D eigenvalue weighted by Crippen LogP contribution is 2.63. The molecule has 1 saturated heterocycles. The van der Waals surface area contributed by atoms with E-state index >= 15 is 4.79 Å². The van der Waals surface area contributed by atoms with Crippen LogP contribution >= 0.6 is 8.58 Å². The summed E-state index contributed by atoms with van der Waals surface area (Å²) in [6, 6.07) is 22.3. The Morgan fingerprint density at radius 2 is 1.41 bits per heavy atom. The first-order valence-corrected chi connectivity index (χ1v) is 25.8. The summed E-state index contributed by atoms with van der Waals surface area (Å²) in [7, 11) is -0.865. The molecular weight excluding hydrogens is 992 g/mol. The van der Waals surface area contributed by atoms with Crippen molar-refractivity contribution < 1.29 is 82.2 Å². The highest BCUT2D eigenvalue weighted by Gasteiger charge is 2.79. The third kappa shape index (κ3) is 10.5. The minimum Gasteiger partial charge on any atom is -0.456 e.